The van der Waals surface area contributed by atoms with E-state index in [1.54, 1.807) is 43.3 Å². The molecule has 0 saturated heterocycles. The van der Waals surface area contributed by atoms with E-state index in [1.165, 1.54) is 68.8 Å². The Morgan fingerprint density at radius 3 is 2.27 bits per heavy atom. The van der Waals surface area contributed by atoms with Crippen LogP contribution in [0.1, 0.15) is 23.6 Å². The third kappa shape index (κ3) is 5.03. The van der Waals surface area contributed by atoms with E-state index in [4.69, 9.17) is 23.7 Å². The number of amides is 1. The maximum absolute atomic E-state index is 14.8. The molecule has 224 valence electrons. The van der Waals surface area contributed by atoms with Crippen LogP contribution in [-0.2, 0) is 25.2 Å². The predicted octanol–water partition coefficient (Wildman–Crippen LogP) is 5.17. The molecule has 44 heavy (non-hydrogen) atoms. The molecule has 0 aliphatic carbocycles. The first-order chi connectivity index (χ1) is 21.2. The number of ether oxygens (including phenoxy) is 5. The van der Waals surface area contributed by atoms with Gasteiger partial charge in [-0.2, -0.15) is 9.57 Å². The zero-order valence-corrected chi connectivity index (χ0v) is 24.7. The molecule has 1 aliphatic heterocycles. The van der Waals surface area contributed by atoms with Crippen molar-refractivity contribution in [2.75, 3.05) is 25.1 Å². The molecule has 1 heterocycles. The minimum Gasteiger partial charge on any atom is -0.497 e. The van der Waals surface area contributed by atoms with Gasteiger partial charge in [0, 0.05) is 11.6 Å². The Balaban J connectivity index is 1.78. The first-order valence-corrected chi connectivity index (χ1v) is 14.7. The van der Waals surface area contributed by atoms with Crippen molar-refractivity contribution in [2.24, 2.45) is 0 Å². The third-order valence-electron chi connectivity index (χ3n) is 6.85. The van der Waals surface area contributed by atoms with Gasteiger partial charge in [-0.15, -0.1) is 0 Å². The maximum Gasteiger partial charge on any atom is 0.515 e. The van der Waals surface area contributed by atoms with Crippen molar-refractivity contribution in [3.8, 4) is 29.1 Å². The van der Waals surface area contributed by atoms with Crippen molar-refractivity contribution < 1.29 is 41.7 Å². The number of para-hydroxylation sites is 2. The van der Waals surface area contributed by atoms with Gasteiger partial charge in [-0.3, -0.25) is 4.79 Å². The number of nitriles is 1. The largest absolute Gasteiger partial charge is 0.515 e. The molecule has 1 aliphatic rings. The van der Waals surface area contributed by atoms with Crippen LogP contribution in [0.5, 0.6) is 23.0 Å². The van der Waals surface area contributed by atoms with Crippen LogP contribution >= 0.6 is 0 Å². The highest BCUT2D eigenvalue weighted by molar-refractivity contribution is 7.93. The molecule has 4 aromatic carbocycles. The topological polar surface area (TPSA) is 141 Å². The van der Waals surface area contributed by atoms with E-state index in [1.807, 2.05) is 6.07 Å². The number of carbonyl (C=O) groups is 2. The molecule has 12 heteroatoms. The second kappa shape index (κ2) is 12.0. The van der Waals surface area contributed by atoms with Crippen LogP contribution in [0.15, 0.2) is 95.9 Å². The highest BCUT2D eigenvalue weighted by atomic mass is 32.2. The molecule has 0 fully saturated rings. The van der Waals surface area contributed by atoms with E-state index in [0.717, 1.165) is 0 Å². The van der Waals surface area contributed by atoms with Crippen LogP contribution in [0.4, 0.5) is 10.5 Å². The quantitative estimate of drug-likeness (QED) is 0.183. The van der Waals surface area contributed by atoms with Gasteiger partial charge in [-0.05, 0) is 55.5 Å². The van der Waals surface area contributed by atoms with Crippen molar-refractivity contribution in [2.45, 2.75) is 17.4 Å². The van der Waals surface area contributed by atoms with Crippen molar-refractivity contribution >= 4 is 27.8 Å². The summed E-state index contributed by atoms with van der Waals surface area (Å²) in [7, 11) is -2.06. The zero-order chi connectivity index (χ0) is 31.5. The second-order valence-corrected chi connectivity index (χ2v) is 11.1. The summed E-state index contributed by atoms with van der Waals surface area (Å²) in [6, 6.07) is 24.2. The fourth-order valence-corrected chi connectivity index (χ4v) is 6.54. The van der Waals surface area contributed by atoms with Gasteiger partial charge in [0.05, 0.1) is 43.7 Å². The highest BCUT2D eigenvalue weighted by Crippen LogP contribution is 2.52. The standard InChI is InChI=1S/C32H26N2O9S/c1-4-41-27-13-9-8-12-24(27)32(43-31(36)42-22-10-6-5-7-11-22)25-18-21(20-33)14-16-26(25)34(30(32)35)44(37,38)29-17-15-23(39-2)19-28(29)40-3/h5-19H,4H2,1-3H3. The lowest BCUT2D eigenvalue weighted by Gasteiger charge is -2.30. The van der Waals surface area contributed by atoms with E-state index >= 15 is 0 Å². The van der Waals surface area contributed by atoms with E-state index < -0.39 is 27.7 Å². The molecule has 1 unspecified atom stereocenters. The number of anilines is 1. The van der Waals surface area contributed by atoms with Crippen molar-refractivity contribution in [1.82, 2.24) is 0 Å². The van der Waals surface area contributed by atoms with E-state index in [2.05, 4.69) is 0 Å². The Labute approximate surface area is 253 Å². The summed E-state index contributed by atoms with van der Waals surface area (Å²) in [4.78, 5) is 27.8. The van der Waals surface area contributed by atoms with Gasteiger partial charge in [-0.1, -0.05) is 36.4 Å². The fourth-order valence-electron chi connectivity index (χ4n) is 4.94. The first-order valence-electron chi connectivity index (χ1n) is 13.3. The van der Waals surface area contributed by atoms with Crippen LogP contribution in [0.25, 0.3) is 0 Å². The number of hydrogen-bond donors (Lipinski definition) is 0. The number of hydrogen-bond acceptors (Lipinski definition) is 10. The second-order valence-electron chi connectivity index (χ2n) is 9.31. The van der Waals surface area contributed by atoms with E-state index in [-0.39, 0.29) is 51.1 Å². The van der Waals surface area contributed by atoms with Gasteiger partial charge in [-0.25, -0.2) is 13.2 Å². The average Bonchev–Trinajstić information content (AvgIpc) is 3.28. The van der Waals surface area contributed by atoms with E-state index in [9.17, 15) is 23.3 Å². The van der Waals surface area contributed by atoms with Gasteiger partial charge in [0.2, 0.25) is 0 Å². The zero-order valence-electron chi connectivity index (χ0n) is 23.8. The van der Waals surface area contributed by atoms with E-state index in [0.29, 0.717) is 10.1 Å². The number of fused-ring (bicyclic) bond motifs is 1. The SMILES string of the molecule is CCOc1ccccc1C1(OC(=O)Oc2ccccc2)C(=O)N(S(=O)(=O)c2ccc(OC)cc2OC)c2ccc(C#N)cc21. The van der Waals surface area contributed by atoms with Crippen LogP contribution in [-0.4, -0.2) is 41.3 Å². The van der Waals surface area contributed by atoms with Crippen molar-refractivity contribution in [3.63, 3.8) is 0 Å². The lowest BCUT2D eigenvalue weighted by atomic mass is 9.85. The summed E-state index contributed by atoms with van der Waals surface area (Å²) in [5.74, 6) is -0.679. The summed E-state index contributed by atoms with van der Waals surface area (Å²) in [5.41, 5.74) is -2.59. The Morgan fingerprint density at radius 1 is 0.864 bits per heavy atom. The summed E-state index contributed by atoms with van der Waals surface area (Å²) >= 11 is 0. The number of sulfonamides is 1. The Bertz CT molecular complexity index is 1890. The Hall–Kier alpha value is -5.54. The molecule has 0 radical (unpaired) electrons. The van der Waals surface area contributed by atoms with Gasteiger partial charge in [0.15, 0.2) is 0 Å². The molecule has 0 aromatic heterocycles. The summed E-state index contributed by atoms with van der Waals surface area (Å²) in [5, 5.41) is 9.76. The van der Waals surface area contributed by atoms with Gasteiger partial charge < -0.3 is 23.7 Å². The van der Waals surface area contributed by atoms with Gasteiger partial charge in [0.25, 0.3) is 21.5 Å². The first kappa shape index (κ1) is 29.9. The monoisotopic (exact) mass is 614 g/mol. The maximum atomic E-state index is 14.8. The molecule has 11 nitrogen and oxygen atoms in total. The molecule has 1 amide bonds. The summed E-state index contributed by atoms with van der Waals surface area (Å²) < 4.78 is 56.9. The molecule has 0 spiro atoms. The number of methoxy groups -OCH3 is 2. The highest BCUT2D eigenvalue weighted by Gasteiger charge is 2.61. The number of benzene rings is 4. The Kier molecular flexibility index (Phi) is 8.15. The molecule has 5 rings (SSSR count). The minimum atomic E-state index is -4.74. The molecular weight excluding hydrogens is 588 g/mol. The minimum absolute atomic E-state index is 0.0209. The molecular formula is C32H26N2O9S. The molecule has 1 atom stereocenters. The number of carbonyl (C=O) groups excluding carboxylic acids is 2. The van der Waals surface area contributed by atoms with Gasteiger partial charge in [0.1, 0.15) is 27.9 Å². The van der Waals surface area contributed by atoms with Crippen molar-refractivity contribution in [1.29, 1.82) is 5.26 Å². The molecule has 0 N–H and O–H groups in total. The van der Waals surface area contributed by atoms with Crippen molar-refractivity contribution in [3.05, 3.63) is 108 Å². The van der Waals surface area contributed by atoms with Crippen LogP contribution < -0.4 is 23.3 Å². The molecule has 4 aromatic rings. The van der Waals surface area contributed by atoms with Crippen LogP contribution in [0.3, 0.4) is 0 Å². The lowest BCUT2D eigenvalue weighted by molar-refractivity contribution is -0.132. The lowest BCUT2D eigenvalue weighted by Crippen LogP contribution is -2.47. The third-order valence-corrected chi connectivity index (χ3v) is 8.58. The average molecular weight is 615 g/mol. The summed E-state index contributed by atoms with van der Waals surface area (Å²) in [6.07, 6.45) is -1.30. The van der Waals surface area contributed by atoms with Crippen LogP contribution in [0, 0.1) is 11.3 Å². The Morgan fingerprint density at radius 2 is 1.59 bits per heavy atom. The smallest absolute Gasteiger partial charge is 0.497 e. The molecule has 0 saturated carbocycles. The number of rotatable bonds is 9. The van der Waals surface area contributed by atoms with Gasteiger partial charge >= 0.3 is 6.16 Å². The normalized spacial score (nSPS) is 15.6. The summed E-state index contributed by atoms with van der Waals surface area (Å²) in [6.45, 7) is 1.89. The molecule has 0 bridgehead atoms. The number of nitrogens with zero attached hydrogens (tertiary/aromatic N) is 2. The van der Waals surface area contributed by atoms with Crippen LogP contribution in [0.2, 0.25) is 0 Å². The predicted molar refractivity (Wildman–Crippen MR) is 157 cm³/mol. The fraction of sp³-hybridized carbons (Fsp3) is 0.156.